The predicted octanol–water partition coefficient (Wildman–Crippen LogP) is 3.24. The molecule has 16 heavy (non-hydrogen) atoms. The van der Waals surface area contributed by atoms with Gasteiger partial charge >= 0.3 is 0 Å². The SMILES string of the molecule is NNC(CCc1ccco1)c1cscc1Br. The summed E-state index contributed by atoms with van der Waals surface area (Å²) in [6, 6.07) is 4.04. The van der Waals surface area contributed by atoms with Crippen LogP contribution in [0.2, 0.25) is 0 Å². The monoisotopic (exact) mass is 300 g/mol. The number of hydrazine groups is 1. The van der Waals surface area contributed by atoms with Crippen LogP contribution in [0, 0.1) is 0 Å². The summed E-state index contributed by atoms with van der Waals surface area (Å²) in [5, 5.41) is 4.17. The van der Waals surface area contributed by atoms with Crippen LogP contribution in [0.25, 0.3) is 0 Å². The van der Waals surface area contributed by atoms with E-state index in [9.17, 15) is 0 Å². The van der Waals surface area contributed by atoms with E-state index in [0.29, 0.717) is 0 Å². The van der Waals surface area contributed by atoms with Gasteiger partial charge in [-0.15, -0.1) is 0 Å². The molecule has 0 saturated heterocycles. The standard InChI is InChI=1S/C11H13BrN2OS/c12-10-7-16-6-9(10)11(14-13)4-3-8-2-1-5-15-8/h1-2,5-7,11,14H,3-4,13H2. The Hall–Kier alpha value is -0.620. The summed E-state index contributed by atoms with van der Waals surface area (Å²) >= 11 is 5.19. The topological polar surface area (TPSA) is 51.2 Å². The summed E-state index contributed by atoms with van der Waals surface area (Å²) < 4.78 is 6.41. The Balaban J connectivity index is 1.99. The molecule has 1 atom stereocenters. The minimum Gasteiger partial charge on any atom is -0.469 e. The van der Waals surface area contributed by atoms with Crippen molar-refractivity contribution in [3.05, 3.63) is 45.0 Å². The van der Waals surface area contributed by atoms with Crippen molar-refractivity contribution in [2.45, 2.75) is 18.9 Å². The number of halogens is 1. The van der Waals surface area contributed by atoms with E-state index in [-0.39, 0.29) is 6.04 Å². The van der Waals surface area contributed by atoms with Crippen molar-refractivity contribution in [3.8, 4) is 0 Å². The first-order valence-electron chi connectivity index (χ1n) is 5.01. The molecule has 0 aromatic carbocycles. The summed E-state index contributed by atoms with van der Waals surface area (Å²) in [7, 11) is 0. The molecule has 3 N–H and O–H groups in total. The zero-order valence-corrected chi connectivity index (χ0v) is 11.1. The summed E-state index contributed by atoms with van der Waals surface area (Å²) in [5.41, 5.74) is 4.05. The first-order valence-corrected chi connectivity index (χ1v) is 6.75. The smallest absolute Gasteiger partial charge is 0.103 e. The molecular formula is C11H13BrN2OS. The van der Waals surface area contributed by atoms with Gasteiger partial charge in [-0.3, -0.25) is 11.3 Å². The third kappa shape index (κ3) is 2.74. The van der Waals surface area contributed by atoms with Gasteiger partial charge in [-0.2, -0.15) is 11.3 Å². The van der Waals surface area contributed by atoms with Crippen molar-refractivity contribution in [1.29, 1.82) is 0 Å². The van der Waals surface area contributed by atoms with Gasteiger partial charge in [0.05, 0.1) is 6.26 Å². The fraction of sp³-hybridized carbons (Fsp3) is 0.273. The van der Waals surface area contributed by atoms with Gasteiger partial charge in [0.15, 0.2) is 0 Å². The number of hydrogen-bond acceptors (Lipinski definition) is 4. The van der Waals surface area contributed by atoms with Gasteiger partial charge in [0, 0.05) is 22.3 Å². The number of hydrogen-bond donors (Lipinski definition) is 2. The number of aryl methyl sites for hydroxylation is 1. The Bertz CT molecular complexity index is 427. The first-order chi connectivity index (χ1) is 7.81. The fourth-order valence-corrected chi connectivity index (χ4v) is 3.24. The molecule has 0 aliphatic heterocycles. The lowest BCUT2D eigenvalue weighted by Gasteiger charge is -2.14. The van der Waals surface area contributed by atoms with Crippen LogP contribution >= 0.6 is 27.3 Å². The van der Waals surface area contributed by atoms with Crippen LogP contribution in [0.15, 0.2) is 38.0 Å². The third-order valence-corrected chi connectivity index (χ3v) is 4.23. The van der Waals surface area contributed by atoms with Crippen molar-refractivity contribution in [2.24, 2.45) is 5.84 Å². The molecule has 0 amide bonds. The normalized spacial score (nSPS) is 12.9. The molecule has 5 heteroatoms. The van der Waals surface area contributed by atoms with Gasteiger partial charge in [-0.05, 0) is 45.4 Å². The summed E-state index contributed by atoms with van der Waals surface area (Å²) in [5.74, 6) is 6.57. The number of nitrogens with two attached hydrogens (primary N) is 1. The second-order valence-corrected chi connectivity index (χ2v) is 5.11. The zero-order chi connectivity index (χ0) is 11.4. The Kier molecular flexibility index (Phi) is 4.17. The fourth-order valence-electron chi connectivity index (χ4n) is 1.61. The minimum atomic E-state index is 0.158. The van der Waals surface area contributed by atoms with Crippen molar-refractivity contribution < 1.29 is 4.42 Å². The minimum absolute atomic E-state index is 0.158. The maximum Gasteiger partial charge on any atom is 0.103 e. The molecule has 0 saturated carbocycles. The summed E-state index contributed by atoms with van der Waals surface area (Å²) in [6.45, 7) is 0. The Labute approximate surface area is 107 Å². The highest BCUT2D eigenvalue weighted by Gasteiger charge is 2.14. The predicted molar refractivity (Wildman–Crippen MR) is 69.1 cm³/mol. The van der Waals surface area contributed by atoms with Gasteiger partial charge in [0.2, 0.25) is 0 Å². The average molecular weight is 301 g/mol. The maximum atomic E-state index is 5.58. The molecule has 0 radical (unpaired) electrons. The van der Waals surface area contributed by atoms with Crippen LogP contribution < -0.4 is 11.3 Å². The van der Waals surface area contributed by atoms with E-state index >= 15 is 0 Å². The first kappa shape index (κ1) is 11.9. The molecule has 0 aliphatic carbocycles. The Morgan fingerprint density at radius 1 is 1.50 bits per heavy atom. The Morgan fingerprint density at radius 2 is 2.38 bits per heavy atom. The second-order valence-electron chi connectivity index (χ2n) is 3.51. The van der Waals surface area contributed by atoms with Crippen LogP contribution in [0.1, 0.15) is 23.8 Å². The maximum absolute atomic E-state index is 5.58. The average Bonchev–Trinajstić information content (AvgIpc) is 2.92. The number of rotatable bonds is 5. The van der Waals surface area contributed by atoms with E-state index in [0.717, 1.165) is 23.1 Å². The third-order valence-electron chi connectivity index (χ3n) is 2.48. The van der Waals surface area contributed by atoms with Crippen LogP contribution in [0.4, 0.5) is 0 Å². The van der Waals surface area contributed by atoms with Gasteiger partial charge < -0.3 is 4.42 Å². The van der Waals surface area contributed by atoms with Crippen LogP contribution in [-0.2, 0) is 6.42 Å². The zero-order valence-electron chi connectivity index (χ0n) is 8.65. The van der Waals surface area contributed by atoms with E-state index in [1.54, 1.807) is 17.6 Å². The van der Waals surface area contributed by atoms with Crippen LogP contribution in [0.5, 0.6) is 0 Å². The highest BCUT2D eigenvalue weighted by molar-refractivity contribution is 9.10. The molecule has 2 aromatic heterocycles. The molecule has 0 fully saturated rings. The molecule has 0 bridgehead atoms. The second kappa shape index (κ2) is 5.63. The molecule has 3 nitrogen and oxygen atoms in total. The van der Waals surface area contributed by atoms with Gasteiger partial charge in [0.25, 0.3) is 0 Å². The lowest BCUT2D eigenvalue weighted by Crippen LogP contribution is -2.28. The molecular weight excluding hydrogens is 288 g/mol. The summed E-state index contributed by atoms with van der Waals surface area (Å²) in [6.07, 6.45) is 3.49. The molecule has 86 valence electrons. The number of furan rings is 1. The quantitative estimate of drug-likeness (QED) is 0.658. The van der Waals surface area contributed by atoms with Crippen LogP contribution in [0.3, 0.4) is 0 Å². The van der Waals surface area contributed by atoms with Crippen LogP contribution in [-0.4, -0.2) is 0 Å². The largest absolute Gasteiger partial charge is 0.469 e. The van der Waals surface area contributed by atoms with Gasteiger partial charge in [-0.1, -0.05) is 0 Å². The van der Waals surface area contributed by atoms with Gasteiger partial charge in [-0.25, -0.2) is 0 Å². The van der Waals surface area contributed by atoms with Crippen molar-refractivity contribution in [1.82, 2.24) is 5.43 Å². The van der Waals surface area contributed by atoms with E-state index < -0.39 is 0 Å². The molecule has 0 aliphatic rings. The van der Waals surface area contributed by atoms with E-state index in [2.05, 4.69) is 32.1 Å². The van der Waals surface area contributed by atoms with E-state index in [1.807, 2.05) is 12.1 Å². The number of nitrogens with one attached hydrogen (secondary N) is 1. The van der Waals surface area contributed by atoms with E-state index in [4.69, 9.17) is 10.3 Å². The molecule has 2 aromatic rings. The van der Waals surface area contributed by atoms with Crippen molar-refractivity contribution in [2.75, 3.05) is 0 Å². The van der Waals surface area contributed by atoms with E-state index in [1.165, 1.54) is 5.56 Å². The lowest BCUT2D eigenvalue weighted by molar-refractivity contribution is 0.458. The van der Waals surface area contributed by atoms with Crippen molar-refractivity contribution in [3.63, 3.8) is 0 Å². The highest BCUT2D eigenvalue weighted by Crippen LogP contribution is 2.29. The molecule has 1 unspecified atom stereocenters. The molecule has 0 spiro atoms. The Morgan fingerprint density at radius 3 is 2.94 bits per heavy atom. The lowest BCUT2D eigenvalue weighted by atomic mass is 10.1. The molecule has 2 rings (SSSR count). The number of thiophene rings is 1. The summed E-state index contributed by atoms with van der Waals surface area (Å²) in [4.78, 5) is 0. The molecule has 2 heterocycles. The highest BCUT2D eigenvalue weighted by atomic mass is 79.9. The van der Waals surface area contributed by atoms with Crippen molar-refractivity contribution >= 4 is 27.3 Å². The van der Waals surface area contributed by atoms with Gasteiger partial charge in [0.1, 0.15) is 5.76 Å².